The molecule has 1 aromatic carbocycles. The number of halogens is 1. The number of nitrogens with zero attached hydrogens (tertiary/aromatic N) is 1. The summed E-state index contributed by atoms with van der Waals surface area (Å²) in [5.74, 6) is 0. The quantitative estimate of drug-likeness (QED) is 0.906. The van der Waals surface area contributed by atoms with Crippen LogP contribution in [-0.4, -0.2) is 4.98 Å². The van der Waals surface area contributed by atoms with Gasteiger partial charge >= 0.3 is 0 Å². The third-order valence-electron chi connectivity index (χ3n) is 2.77. The highest BCUT2D eigenvalue weighted by atomic mass is 35.5. The lowest BCUT2D eigenvalue weighted by molar-refractivity contribution is 0.403. The Hall–Kier alpha value is -1.10. The molecule has 2 rings (SSSR count). The fraction of sp³-hybridized carbons (Fsp3) is 0.308. The Morgan fingerprint density at radius 3 is 2.50 bits per heavy atom. The van der Waals surface area contributed by atoms with Gasteiger partial charge in [-0.15, -0.1) is 23.7 Å². The van der Waals surface area contributed by atoms with Crippen molar-refractivity contribution in [2.75, 3.05) is 5.73 Å². The van der Waals surface area contributed by atoms with E-state index in [4.69, 9.17) is 5.73 Å². The molecule has 0 atom stereocenters. The van der Waals surface area contributed by atoms with E-state index in [0.29, 0.717) is 5.13 Å². The number of anilines is 1. The first-order chi connectivity index (χ1) is 8.08. The largest absolute Gasteiger partial charge is 0.375 e. The maximum absolute atomic E-state index is 5.61. The van der Waals surface area contributed by atoms with Crippen LogP contribution in [0.15, 0.2) is 36.5 Å². The Morgan fingerprint density at radius 2 is 1.94 bits per heavy atom. The first-order valence-corrected chi connectivity index (χ1v) is 6.40. The van der Waals surface area contributed by atoms with Gasteiger partial charge in [0.05, 0.1) is 0 Å². The first-order valence-electron chi connectivity index (χ1n) is 5.59. The molecule has 0 unspecified atom stereocenters. The number of nitrogens with one attached hydrogen (secondary N) is 1. The van der Waals surface area contributed by atoms with Crippen LogP contribution in [0, 0.1) is 0 Å². The zero-order valence-corrected chi connectivity index (χ0v) is 12.1. The van der Waals surface area contributed by atoms with Gasteiger partial charge in [-0.3, -0.25) is 0 Å². The van der Waals surface area contributed by atoms with E-state index in [1.807, 2.05) is 12.3 Å². The van der Waals surface area contributed by atoms with Gasteiger partial charge in [0, 0.05) is 23.2 Å². The molecule has 0 spiro atoms. The van der Waals surface area contributed by atoms with Crippen molar-refractivity contribution < 1.29 is 0 Å². The van der Waals surface area contributed by atoms with Crippen LogP contribution in [0.4, 0.5) is 5.13 Å². The van der Waals surface area contributed by atoms with E-state index in [1.165, 1.54) is 16.9 Å². The standard InChI is InChI=1S/C13H17N3S.ClH/c1-13(2,10-6-4-3-5-7-10)16-9-11-8-15-12(14)17-11;/h3-8,16H,9H2,1-2H3,(H2,14,15);1H. The molecule has 0 saturated heterocycles. The van der Waals surface area contributed by atoms with Gasteiger partial charge in [0.2, 0.25) is 0 Å². The molecule has 0 fully saturated rings. The predicted octanol–water partition coefficient (Wildman–Crippen LogP) is 3.17. The van der Waals surface area contributed by atoms with Gasteiger partial charge < -0.3 is 11.1 Å². The van der Waals surface area contributed by atoms with E-state index in [1.54, 1.807) is 0 Å². The summed E-state index contributed by atoms with van der Waals surface area (Å²) in [6, 6.07) is 10.4. The Morgan fingerprint density at radius 1 is 1.28 bits per heavy atom. The highest BCUT2D eigenvalue weighted by molar-refractivity contribution is 7.15. The Labute approximate surface area is 118 Å². The zero-order valence-electron chi connectivity index (χ0n) is 10.5. The topological polar surface area (TPSA) is 50.9 Å². The van der Waals surface area contributed by atoms with Crippen molar-refractivity contribution >= 4 is 28.9 Å². The fourth-order valence-corrected chi connectivity index (χ4v) is 2.29. The SMILES string of the molecule is CC(C)(NCc1cnc(N)s1)c1ccccc1.Cl. The molecule has 5 heteroatoms. The third kappa shape index (κ3) is 3.70. The van der Waals surface area contributed by atoms with Crippen molar-refractivity contribution in [3.8, 4) is 0 Å². The fourth-order valence-electron chi connectivity index (χ4n) is 1.67. The van der Waals surface area contributed by atoms with E-state index >= 15 is 0 Å². The minimum absolute atomic E-state index is 0. The number of hydrogen-bond acceptors (Lipinski definition) is 4. The summed E-state index contributed by atoms with van der Waals surface area (Å²) < 4.78 is 0. The van der Waals surface area contributed by atoms with Gasteiger partial charge in [0.25, 0.3) is 0 Å². The highest BCUT2D eigenvalue weighted by Crippen LogP contribution is 2.21. The van der Waals surface area contributed by atoms with Crippen molar-refractivity contribution in [3.63, 3.8) is 0 Å². The number of hydrogen-bond donors (Lipinski definition) is 2. The number of aromatic nitrogens is 1. The monoisotopic (exact) mass is 283 g/mol. The van der Waals surface area contributed by atoms with Crippen LogP contribution in [0.2, 0.25) is 0 Å². The molecule has 0 bridgehead atoms. The van der Waals surface area contributed by atoms with Gasteiger partial charge in [-0.25, -0.2) is 4.98 Å². The van der Waals surface area contributed by atoms with Crippen LogP contribution in [0.5, 0.6) is 0 Å². The molecule has 0 aliphatic rings. The van der Waals surface area contributed by atoms with E-state index in [2.05, 4.69) is 48.4 Å². The molecular formula is C13H18ClN3S. The molecule has 1 heterocycles. The predicted molar refractivity (Wildman–Crippen MR) is 80.1 cm³/mol. The lowest BCUT2D eigenvalue weighted by Gasteiger charge is -2.26. The Kier molecular flexibility index (Phi) is 5.14. The highest BCUT2D eigenvalue weighted by Gasteiger charge is 2.19. The molecule has 3 nitrogen and oxygen atoms in total. The van der Waals surface area contributed by atoms with Gasteiger partial charge in [-0.05, 0) is 19.4 Å². The van der Waals surface area contributed by atoms with Crippen molar-refractivity contribution in [1.82, 2.24) is 10.3 Å². The van der Waals surface area contributed by atoms with Crippen molar-refractivity contribution in [3.05, 3.63) is 47.0 Å². The summed E-state index contributed by atoms with van der Waals surface area (Å²) in [4.78, 5) is 5.21. The van der Waals surface area contributed by atoms with Crippen LogP contribution in [0.1, 0.15) is 24.3 Å². The summed E-state index contributed by atoms with van der Waals surface area (Å²) in [5, 5.41) is 4.14. The molecule has 98 valence electrons. The average molecular weight is 284 g/mol. The van der Waals surface area contributed by atoms with E-state index in [-0.39, 0.29) is 17.9 Å². The molecule has 0 amide bonds. The van der Waals surface area contributed by atoms with Crippen LogP contribution < -0.4 is 11.1 Å². The maximum atomic E-state index is 5.61. The zero-order chi connectivity index (χ0) is 12.3. The molecule has 1 aromatic heterocycles. The number of nitrogens with two attached hydrogens (primary N) is 1. The molecule has 0 aliphatic carbocycles. The van der Waals surface area contributed by atoms with Gasteiger partial charge in [0.1, 0.15) is 0 Å². The molecule has 0 aliphatic heterocycles. The summed E-state index contributed by atoms with van der Waals surface area (Å²) in [6.07, 6.45) is 1.83. The van der Waals surface area contributed by atoms with Crippen molar-refractivity contribution in [2.45, 2.75) is 25.9 Å². The smallest absolute Gasteiger partial charge is 0.180 e. The number of thiazole rings is 1. The molecule has 3 N–H and O–H groups in total. The summed E-state index contributed by atoms with van der Waals surface area (Å²) >= 11 is 1.53. The van der Waals surface area contributed by atoms with Gasteiger partial charge in [-0.1, -0.05) is 30.3 Å². The minimum Gasteiger partial charge on any atom is -0.375 e. The molecule has 0 saturated carbocycles. The van der Waals surface area contributed by atoms with Crippen LogP contribution in [-0.2, 0) is 12.1 Å². The summed E-state index contributed by atoms with van der Waals surface area (Å²) in [7, 11) is 0. The second kappa shape index (κ2) is 6.18. The first kappa shape index (κ1) is 15.0. The second-order valence-corrected chi connectivity index (χ2v) is 5.66. The van der Waals surface area contributed by atoms with E-state index in [0.717, 1.165) is 11.4 Å². The maximum Gasteiger partial charge on any atom is 0.180 e. The van der Waals surface area contributed by atoms with Gasteiger partial charge in [-0.2, -0.15) is 0 Å². The number of benzene rings is 1. The molecule has 2 aromatic rings. The van der Waals surface area contributed by atoms with Crippen molar-refractivity contribution in [1.29, 1.82) is 0 Å². The Bertz CT molecular complexity index is 482. The van der Waals surface area contributed by atoms with Crippen LogP contribution >= 0.6 is 23.7 Å². The summed E-state index contributed by atoms with van der Waals surface area (Å²) in [6.45, 7) is 5.14. The third-order valence-corrected chi connectivity index (χ3v) is 3.60. The average Bonchev–Trinajstić information content (AvgIpc) is 2.74. The normalized spacial score (nSPS) is 11.0. The lowest BCUT2D eigenvalue weighted by atomic mass is 9.94. The molecular weight excluding hydrogens is 266 g/mol. The lowest BCUT2D eigenvalue weighted by Crippen LogP contribution is -2.35. The Balaban J connectivity index is 0.00000162. The second-order valence-electron chi connectivity index (χ2n) is 4.51. The molecule has 0 radical (unpaired) electrons. The number of rotatable bonds is 4. The van der Waals surface area contributed by atoms with Crippen LogP contribution in [0.3, 0.4) is 0 Å². The van der Waals surface area contributed by atoms with E-state index < -0.39 is 0 Å². The van der Waals surface area contributed by atoms with Gasteiger partial charge in [0.15, 0.2) is 5.13 Å². The minimum atomic E-state index is -0.0555. The van der Waals surface area contributed by atoms with Crippen LogP contribution in [0.25, 0.3) is 0 Å². The molecule has 18 heavy (non-hydrogen) atoms. The number of nitrogen functional groups attached to an aromatic ring is 1. The summed E-state index contributed by atoms with van der Waals surface area (Å²) in [5.41, 5.74) is 6.83. The van der Waals surface area contributed by atoms with E-state index in [9.17, 15) is 0 Å². The van der Waals surface area contributed by atoms with Crippen molar-refractivity contribution in [2.24, 2.45) is 0 Å².